The van der Waals surface area contributed by atoms with Gasteiger partial charge in [0.15, 0.2) is 0 Å². The molecule has 0 aliphatic carbocycles. The number of benzene rings is 8. The summed E-state index contributed by atoms with van der Waals surface area (Å²) in [4.78, 5) is 8.40. The largest absolute Gasteiger partial charge is 0.246 e. The predicted octanol–water partition coefficient (Wildman–Crippen LogP) is 13.2. The molecule has 4 heteroatoms. The molecule has 10 aromatic rings. The van der Waals surface area contributed by atoms with Crippen molar-refractivity contribution in [3.05, 3.63) is 194 Å². The highest BCUT2D eigenvalue weighted by atomic mass is 14.7. The molecule has 0 atom stereocenters. The fourth-order valence-electron chi connectivity index (χ4n) is 8.47. The highest BCUT2D eigenvalue weighted by molar-refractivity contribution is 6.30. The van der Waals surface area contributed by atoms with Crippen molar-refractivity contribution in [2.45, 2.75) is 0 Å². The highest BCUT2D eigenvalue weighted by Gasteiger charge is 2.22. The molecule has 0 N–H and O–H groups in total. The van der Waals surface area contributed by atoms with Gasteiger partial charge in [0.1, 0.15) is 23.5 Å². The molecule has 0 aliphatic heterocycles. The number of pyridine rings is 2. The van der Waals surface area contributed by atoms with Gasteiger partial charge >= 0.3 is 0 Å². The zero-order chi connectivity index (χ0) is 37.6. The van der Waals surface area contributed by atoms with E-state index in [1.807, 2.05) is 24.3 Å². The van der Waals surface area contributed by atoms with Crippen LogP contribution in [0.15, 0.2) is 182 Å². The van der Waals surface area contributed by atoms with Crippen molar-refractivity contribution >= 4 is 43.1 Å². The van der Waals surface area contributed by atoms with Crippen molar-refractivity contribution < 1.29 is 0 Å². The lowest BCUT2D eigenvalue weighted by molar-refractivity contribution is 1.26. The van der Waals surface area contributed by atoms with Crippen LogP contribution in [0.4, 0.5) is 0 Å². The Bertz CT molecular complexity index is 2960. The first kappa shape index (κ1) is 32.7. The molecule has 0 fully saturated rings. The Morgan fingerprint density at radius 2 is 0.571 bits per heavy atom. The quantitative estimate of drug-likeness (QED) is 0.167. The van der Waals surface area contributed by atoms with Crippen LogP contribution in [-0.4, -0.2) is 9.97 Å². The van der Waals surface area contributed by atoms with Gasteiger partial charge in [-0.15, -0.1) is 0 Å². The van der Waals surface area contributed by atoms with Crippen LogP contribution >= 0.6 is 0 Å². The fraction of sp³-hybridized carbons (Fsp3) is 0. The maximum atomic E-state index is 9.55. The zero-order valence-electron chi connectivity index (χ0n) is 30.1. The average Bonchev–Trinajstić information content (AvgIpc) is 3.27. The van der Waals surface area contributed by atoms with Crippen molar-refractivity contribution in [2.24, 2.45) is 0 Å². The standard InChI is InChI=1S/C52H30N4/c53-31-39-29-35(23-25-55-39)33-11-9-13-37(27-33)49-41-15-1-5-19-45(41)51(46-20-6-2-16-42(46)49)52-47-21-7-3-17-43(47)50(44-18-4-8-22-48(44)52)38-14-10-12-34(28-38)36-24-26-56-40(30-36)32-54/h1-30H. The maximum Gasteiger partial charge on any atom is 0.141 e. The summed E-state index contributed by atoms with van der Waals surface area (Å²) < 4.78 is 0. The number of hydrogen-bond acceptors (Lipinski definition) is 4. The average molecular weight is 711 g/mol. The van der Waals surface area contributed by atoms with E-state index >= 15 is 0 Å². The molecule has 0 aliphatic rings. The third kappa shape index (κ3) is 5.37. The third-order valence-corrected chi connectivity index (χ3v) is 10.8. The predicted molar refractivity (Wildman–Crippen MR) is 229 cm³/mol. The molecule has 4 nitrogen and oxygen atoms in total. The van der Waals surface area contributed by atoms with Crippen LogP contribution in [0.5, 0.6) is 0 Å². The van der Waals surface area contributed by atoms with Crippen LogP contribution in [-0.2, 0) is 0 Å². The van der Waals surface area contributed by atoms with E-state index in [-0.39, 0.29) is 0 Å². The van der Waals surface area contributed by atoms with Gasteiger partial charge in [-0.3, -0.25) is 0 Å². The Labute approximate surface area is 323 Å². The van der Waals surface area contributed by atoms with Crippen molar-refractivity contribution in [3.63, 3.8) is 0 Å². The summed E-state index contributed by atoms with van der Waals surface area (Å²) in [6, 6.07) is 64.3. The van der Waals surface area contributed by atoms with Crippen LogP contribution in [0.2, 0.25) is 0 Å². The lowest BCUT2D eigenvalue weighted by atomic mass is 9.81. The summed E-state index contributed by atoms with van der Waals surface area (Å²) in [5.74, 6) is 0. The van der Waals surface area contributed by atoms with E-state index in [4.69, 9.17) is 0 Å². The van der Waals surface area contributed by atoms with E-state index < -0.39 is 0 Å². The molecular formula is C52H30N4. The molecule has 2 heterocycles. The maximum absolute atomic E-state index is 9.55. The van der Waals surface area contributed by atoms with Gasteiger partial charge in [0.05, 0.1) is 0 Å². The van der Waals surface area contributed by atoms with Gasteiger partial charge in [0.2, 0.25) is 0 Å². The van der Waals surface area contributed by atoms with E-state index in [2.05, 4.69) is 168 Å². The number of hydrogen-bond donors (Lipinski definition) is 0. The van der Waals surface area contributed by atoms with Crippen LogP contribution in [0.25, 0.3) is 98.7 Å². The monoisotopic (exact) mass is 710 g/mol. The van der Waals surface area contributed by atoms with Crippen molar-refractivity contribution in [1.29, 1.82) is 10.5 Å². The lowest BCUT2D eigenvalue weighted by Gasteiger charge is -2.22. The van der Waals surface area contributed by atoms with Gasteiger partial charge in [-0.2, -0.15) is 10.5 Å². The number of rotatable bonds is 5. The number of fused-ring (bicyclic) bond motifs is 4. The summed E-state index contributed by atoms with van der Waals surface area (Å²) in [5.41, 5.74) is 11.8. The molecular weight excluding hydrogens is 681 g/mol. The zero-order valence-corrected chi connectivity index (χ0v) is 30.1. The minimum atomic E-state index is 0.397. The summed E-state index contributed by atoms with van der Waals surface area (Å²) in [7, 11) is 0. The first-order chi connectivity index (χ1) is 27.7. The summed E-state index contributed by atoms with van der Waals surface area (Å²) in [6.45, 7) is 0. The molecule has 258 valence electrons. The molecule has 10 rings (SSSR count). The van der Waals surface area contributed by atoms with Crippen LogP contribution < -0.4 is 0 Å². The van der Waals surface area contributed by atoms with E-state index in [1.54, 1.807) is 12.4 Å². The fourth-order valence-corrected chi connectivity index (χ4v) is 8.47. The Hall–Kier alpha value is -7.92. The molecule has 2 aromatic heterocycles. The normalized spacial score (nSPS) is 11.2. The molecule has 0 amide bonds. The molecule has 0 unspecified atom stereocenters. The van der Waals surface area contributed by atoms with Crippen LogP contribution in [0, 0.1) is 22.7 Å². The summed E-state index contributed by atoms with van der Waals surface area (Å²) in [5, 5.41) is 28.5. The number of nitrogens with zero attached hydrogens (tertiary/aromatic N) is 4. The van der Waals surface area contributed by atoms with Gasteiger partial charge in [-0.1, -0.05) is 133 Å². The molecule has 0 radical (unpaired) electrons. The second kappa shape index (κ2) is 13.5. The van der Waals surface area contributed by atoms with E-state index in [0.29, 0.717) is 11.4 Å². The second-order valence-electron chi connectivity index (χ2n) is 13.9. The van der Waals surface area contributed by atoms with Crippen LogP contribution in [0.3, 0.4) is 0 Å². The Kier molecular flexibility index (Phi) is 7.88. The minimum absolute atomic E-state index is 0.397. The SMILES string of the molecule is N#Cc1cc(-c2cccc(-c3c4ccccc4c(-c4c5ccccc5c(-c5cccc(-c6ccnc(C#N)c6)c5)c5ccccc45)c4ccccc34)c2)ccn1. The van der Waals surface area contributed by atoms with Gasteiger partial charge in [0.25, 0.3) is 0 Å². The summed E-state index contributed by atoms with van der Waals surface area (Å²) in [6.07, 6.45) is 3.40. The van der Waals surface area contributed by atoms with Crippen molar-refractivity contribution in [3.8, 4) is 67.8 Å². The van der Waals surface area contributed by atoms with Crippen LogP contribution in [0.1, 0.15) is 11.4 Å². The molecule has 0 saturated heterocycles. The van der Waals surface area contributed by atoms with E-state index in [9.17, 15) is 10.5 Å². The van der Waals surface area contributed by atoms with Crippen molar-refractivity contribution in [2.75, 3.05) is 0 Å². The Balaban J connectivity index is 1.26. The minimum Gasteiger partial charge on any atom is -0.246 e. The number of aromatic nitrogens is 2. The van der Waals surface area contributed by atoms with E-state index in [0.717, 1.165) is 33.4 Å². The first-order valence-corrected chi connectivity index (χ1v) is 18.5. The molecule has 0 spiro atoms. The Morgan fingerprint density at radius 3 is 0.893 bits per heavy atom. The third-order valence-electron chi connectivity index (χ3n) is 10.8. The summed E-state index contributed by atoms with van der Waals surface area (Å²) >= 11 is 0. The number of nitriles is 2. The van der Waals surface area contributed by atoms with Crippen molar-refractivity contribution in [1.82, 2.24) is 9.97 Å². The lowest BCUT2D eigenvalue weighted by Crippen LogP contribution is -1.95. The van der Waals surface area contributed by atoms with E-state index in [1.165, 1.54) is 65.3 Å². The molecule has 0 bridgehead atoms. The second-order valence-corrected chi connectivity index (χ2v) is 13.9. The highest BCUT2D eigenvalue weighted by Crippen LogP contribution is 2.50. The molecule has 56 heavy (non-hydrogen) atoms. The van der Waals surface area contributed by atoms with Gasteiger partial charge in [-0.25, -0.2) is 9.97 Å². The first-order valence-electron chi connectivity index (χ1n) is 18.5. The smallest absolute Gasteiger partial charge is 0.141 e. The molecule has 0 saturated carbocycles. The van der Waals surface area contributed by atoms with Gasteiger partial charge in [-0.05, 0) is 135 Å². The topological polar surface area (TPSA) is 73.4 Å². The van der Waals surface area contributed by atoms with Gasteiger partial charge in [0, 0.05) is 12.4 Å². The van der Waals surface area contributed by atoms with Gasteiger partial charge < -0.3 is 0 Å². The molecule has 8 aromatic carbocycles. The Morgan fingerprint density at radius 1 is 0.286 bits per heavy atom.